The molecule has 0 amide bonds. The molecule has 2 heteroatoms. The second-order valence-corrected chi connectivity index (χ2v) is 7.49. The van der Waals surface area contributed by atoms with Crippen molar-refractivity contribution in [3.63, 3.8) is 0 Å². The third-order valence-electron chi connectivity index (χ3n) is 5.51. The Balaban J connectivity index is 1.99. The summed E-state index contributed by atoms with van der Waals surface area (Å²) in [6, 6.07) is 0. The lowest BCUT2D eigenvalue weighted by molar-refractivity contribution is -0.103. The average Bonchev–Trinajstić information content (AvgIpc) is 2.44. The molecule has 0 heterocycles. The predicted octanol–water partition coefficient (Wildman–Crippen LogP) is 4.41. The summed E-state index contributed by atoms with van der Waals surface area (Å²) in [6.45, 7) is 7.47. The maximum absolute atomic E-state index is 10.9. The second-order valence-electron chi connectivity index (χ2n) is 7.49. The molecular formula is C18H34O2. The van der Waals surface area contributed by atoms with Crippen LogP contribution in [0, 0.1) is 23.7 Å². The van der Waals surface area contributed by atoms with Crippen molar-refractivity contribution >= 4 is 0 Å². The molecule has 2 aliphatic carbocycles. The predicted molar refractivity (Wildman–Crippen MR) is 83.7 cm³/mol. The van der Waals surface area contributed by atoms with Crippen molar-refractivity contribution in [1.82, 2.24) is 0 Å². The number of rotatable bonds is 5. The van der Waals surface area contributed by atoms with E-state index in [1.807, 2.05) is 0 Å². The summed E-state index contributed by atoms with van der Waals surface area (Å²) in [7, 11) is 0. The van der Waals surface area contributed by atoms with E-state index in [0.29, 0.717) is 11.8 Å². The molecule has 20 heavy (non-hydrogen) atoms. The SMILES string of the molecule is CCOC(C1CCCCC1)C(O)C1CC(C)CC(C)C1. The average molecular weight is 282 g/mol. The molecule has 2 aliphatic rings. The Labute approximate surface area is 125 Å². The minimum absolute atomic E-state index is 0.0859. The van der Waals surface area contributed by atoms with Gasteiger partial charge in [0.1, 0.15) is 0 Å². The van der Waals surface area contributed by atoms with E-state index in [4.69, 9.17) is 4.74 Å². The molecule has 2 saturated carbocycles. The highest BCUT2D eigenvalue weighted by Crippen LogP contribution is 2.39. The van der Waals surface area contributed by atoms with Crippen molar-refractivity contribution in [3.05, 3.63) is 0 Å². The first kappa shape index (κ1) is 16.3. The second kappa shape index (κ2) is 7.79. The summed E-state index contributed by atoms with van der Waals surface area (Å²) >= 11 is 0. The lowest BCUT2D eigenvalue weighted by Crippen LogP contribution is -2.43. The Morgan fingerprint density at radius 3 is 2.10 bits per heavy atom. The summed E-state index contributed by atoms with van der Waals surface area (Å²) in [4.78, 5) is 0. The van der Waals surface area contributed by atoms with E-state index >= 15 is 0 Å². The van der Waals surface area contributed by atoms with E-state index in [9.17, 15) is 5.11 Å². The lowest BCUT2D eigenvalue weighted by atomic mass is 9.71. The van der Waals surface area contributed by atoms with Gasteiger partial charge in [0.15, 0.2) is 0 Å². The first-order valence-corrected chi connectivity index (χ1v) is 8.91. The van der Waals surface area contributed by atoms with Gasteiger partial charge in [-0.15, -0.1) is 0 Å². The molecule has 0 aromatic heterocycles. The largest absolute Gasteiger partial charge is 0.390 e. The van der Waals surface area contributed by atoms with Crippen LogP contribution in [0.5, 0.6) is 0 Å². The molecule has 2 fully saturated rings. The van der Waals surface area contributed by atoms with Crippen molar-refractivity contribution in [3.8, 4) is 0 Å². The molecule has 0 saturated heterocycles. The van der Waals surface area contributed by atoms with Gasteiger partial charge >= 0.3 is 0 Å². The highest BCUT2D eigenvalue weighted by atomic mass is 16.5. The quantitative estimate of drug-likeness (QED) is 0.809. The summed E-state index contributed by atoms with van der Waals surface area (Å²) in [5, 5.41) is 10.9. The topological polar surface area (TPSA) is 29.5 Å². The smallest absolute Gasteiger partial charge is 0.0864 e. The molecule has 118 valence electrons. The van der Waals surface area contributed by atoms with E-state index in [-0.39, 0.29) is 12.2 Å². The molecule has 0 radical (unpaired) electrons. The highest BCUT2D eigenvalue weighted by Gasteiger charge is 2.37. The van der Waals surface area contributed by atoms with Gasteiger partial charge in [-0.2, -0.15) is 0 Å². The Kier molecular flexibility index (Phi) is 6.35. The fraction of sp³-hybridized carbons (Fsp3) is 1.00. The number of hydrogen-bond donors (Lipinski definition) is 1. The molecule has 0 aromatic carbocycles. The van der Waals surface area contributed by atoms with Gasteiger partial charge in [-0.1, -0.05) is 33.1 Å². The Morgan fingerprint density at radius 1 is 0.950 bits per heavy atom. The molecule has 2 rings (SSSR count). The molecule has 1 N–H and O–H groups in total. The fourth-order valence-corrected chi connectivity index (χ4v) is 4.72. The van der Waals surface area contributed by atoms with Crippen LogP contribution in [-0.4, -0.2) is 23.9 Å². The van der Waals surface area contributed by atoms with Gasteiger partial charge in [0.05, 0.1) is 12.2 Å². The van der Waals surface area contributed by atoms with Crippen molar-refractivity contribution in [2.75, 3.05) is 6.61 Å². The first-order valence-electron chi connectivity index (χ1n) is 8.91. The van der Waals surface area contributed by atoms with Gasteiger partial charge in [0.25, 0.3) is 0 Å². The van der Waals surface area contributed by atoms with E-state index < -0.39 is 0 Å². The molecule has 4 unspecified atom stereocenters. The van der Waals surface area contributed by atoms with Crippen LogP contribution in [0.25, 0.3) is 0 Å². The van der Waals surface area contributed by atoms with Crippen molar-refractivity contribution in [1.29, 1.82) is 0 Å². The van der Waals surface area contributed by atoms with E-state index in [2.05, 4.69) is 20.8 Å². The maximum atomic E-state index is 10.9. The summed E-state index contributed by atoms with van der Waals surface area (Å²) < 4.78 is 6.02. The molecule has 0 aromatic rings. The maximum Gasteiger partial charge on any atom is 0.0864 e. The summed E-state index contributed by atoms with van der Waals surface area (Å²) in [6.07, 6.45) is 10.0. The van der Waals surface area contributed by atoms with Gasteiger partial charge in [-0.05, 0) is 62.7 Å². The molecular weight excluding hydrogens is 248 g/mol. The van der Waals surface area contributed by atoms with Gasteiger partial charge < -0.3 is 9.84 Å². The normalized spacial score (nSPS) is 35.7. The Hall–Kier alpha value is -0.0800. The minimum Gasteiger partial charge on any atom is -0.390 e. The van der Waals surface area contributed by atoms with Crippen LogP contribution in [0.3, 0.4) is 0 Å². The van der Waals surface area contributed by atoms with Gasteiger partial charge in [-0.3, -0.25) is 0 Å². The van der Waals surface area contributed by atoms with E-state index in [0.717, 1.165) is 18.4 Å². The zero-order valence-corrected chi connectivity index (χ0v) is 13.7. The molecule has 0 bridgehead atoms. The molecule has 0 aliphatic heterocycles. The van der Waals surface area contributed by atoms with Crippen LogP contribution in [0.1, 0.15) is 72.1 Å². The Bertz CT molecular complexity index is 263. The highest BCUT2D eigenvalue weighted by molar-refractivity contribution is 4.88. The standard InChI is InChI=1S/C18H34O2/c1-4-20-18(15-8-6-5-7-9-15)17(19)16-11-13(2)10-14(3)12-16/h13-19H,4-12H2,1-3H3. The monoisotopic (exact) mass is 282 g/mol. The van der Waals surface area contributed by atoms with Gasteiger partial charge in [0, 0.05) is 6.61 Å². The van der Waals surface area contributed by atoms with Crippen LogP contribution < -0.4 is 0 Å². The third-order valence-corrected chi connectivity index (χ3v) is 5.51. The number of aliphatic hydroxyl groups is 1. The third kappa shape index (κ3) is 4.21. The van der Waals surface area contributed by atoms with E-state index in [1.54, 1.807) is 0 Å². The number of aliphatic hydroxyl groups excluding tert-OH is 1. The van der Waals surface area contributed by atoms with Crippen molar-refractivity contribution in [2.24, 2.45) is 23.7 Å². The number of ether oxygens (including phenoxy) is 1. The van der Waals surface area contributed by atoms with Gasteiger partial charge in [-0.25, -0.2) is 0 Å². The van der Waals surface area contributed by atoms with Crippen LogP contribution in [0.2, 0.25) is 0 Å². The summed E-state index contributed by atoms with van der Waals surface area (Å²) in [5.41, 5.74) is 0. The summed E-state index contributed by atoms with van der Waals surface area (Å²) in [5.74, 6) is 2.55. The van der Waals surface area contributed by atoms with Crippen molar-refractivity contribution in [2.45, 2.75) is 84.3 Å². The van der Waals surface area contributed by atoms with Gasteiger partial charge in [0.2, 0.25) is 0 Å². The number of hydrogen-bond acceptors (Lipinski definition) is 2. The van der Waals surface area contributed by atoms with Crippen LogP contribution in [0.15, 0.2) is 0 Å². The zero-order valence-electron chi connectivity index (χ0n) is 13.7. The molecule has 0 spiro atoms. The molecule has 2 nitrogen and oxygen atoms in total. The zero-order chi connectivity index (χ0) is 14.5. The first-order chi connectivity index (χ1) is 9.61. The fourth-order valence-electron chi connectivity index (χ4n) is 4.72. The van der Waals surface area contributed by atoms with Crippen LogP contribution >= 0.6 is 0 Å². The van der Waals surface area contributed by atoms with Crippen LogP contribution in [0.4, 0.5) is 0 Å². The minimum atomic E-state index is -0.247. The van der Waals surface area contributed by atoms with E-state index in [1.165, 1.54) is 51.4 Å². The Morgan fingerprint density at radius 2 is 1.55 bits per heavy atom. The van der Waals surface area contributed by atoms with Crippen LogP contribution in [-0.2, 0) is 4.74 Å². The lowest BCUT2D eigenvalue weighted by Gasteiger charge is -2.40. The molecule has 4 atom stereocenters. The van der Waals surface area contributed by atoms with Crippen molar-refractivity contribution < 1.29 is 9.84 Å².